The van der Waals surface area contributed by atoms with Gasteiger partial charge in [-0.25, -0.2) is 4.98 Å². The third kappa shape index (κ3) is 1.99. The van der Waals surface area contributed by atoms with E-state index in [1.807, 2.05) is 25.1 Å². The van der Waals surface area contributed by atoms with Crippen LogP contribution in [0, 0.1) is 20.8 Å². The molecule has 0 bridgehead atoms. The van der Waals surface area contributed by atoms with E-state index in [1.165, 1.54) is 11.1 Å². The van der Waals surface area contributed by atoms with Crippen LogP contribution in [-0.2, 0) is 0 Å². The maximum absolute atomic E-state index is 6.57. The van der Waals surface area contributed by atoms with E-state index in [0.29, 0.717) is 0 Å². The summed E-state index contributed by atoms with van der Waals surface area (Å²) in [4.78, 5) is 4.88. The number of fused-ring (bicyclic) bond motifs is 1. The molecule has 0 unspecified atom stereocenters. The van der Waals surface area contributed by atoms with Gasteiger partial charge in [-0.2, -0.15) is 0 Å². The second-order valence-electron chi connectivity index (χ2n) is 5.17. The zero-order valence-electron chi connectivity index (χ0n) is 11.9. The SMILES string of the molecule is Cc1ccc2c(Cl)c(C)c(-c3ccccc3)nc2c1C. The van der Waals surface area contributed by atoms with Gasteiger partial charge in [0.05, 0.1) is 16.2 Å². The van der Waals surface area contributed by atoms with Crippen molar-refractivity contribution in [3.05, 3.63) is 64.2 Å². The minimum atomic E-state index is 0.803. The summed E-state index contributed by atoms with van der Waals surface area (Å²) in [6.07, 6.45) is 0. The van der Waals surface area contributed by atoms with Crippen molar-refractivity contribution in [3.8, 4) is 11.3 Å². The van der Waals surface area contributed by atoms with E-state index in [-0.39, 0.29) is 0 Å². The molecule has 0 spiro atoms. The van der Waals surface area contributed by atoms with Gasteiger partial charge < -0.3 is 0 Å². The first-order valence-corrected chi connectivity index (χ1v) is 7.09. The van der Waals surface area contributed by atoms with E-state index in [4.69, 9.17) is 16.6 Å². The molecular weight excluding hydrogens is 266 g/mol. The van der Waals surface area contributed by atoms with Gasteiger partial charge in [-0.3, -0.25) is 0 Å². The molecule has 0 atom stereocenters. The summed E-state index contributed by atoms with van der Waals surface area (Å²) in [6, 6.07) is 14.4. The van der Waals surface area contributed by atoms with Gasteiger partial charge in [0.25, 0.3) is 0 Å². The van der Waals surface area contributed by atoms with E-state index in [1.54, 1.807) is 0 Å². The van der Waals surface area contributed by atoms with Crippen LogP contribution >= 0.6 is 11.6 Å². The van der Waals surface area contributed by atoms with E-state index < -0.39 is 0 Å². The van der Waals surface area contributed by atoms with Gasteiger partial charge in [-0.05, 0) is 37.5 Å². The molecule has 0 aliphatic carbocycles. The summed E-state index contributed by atoms with van der Waals surface area (Å²) in [5.74, 6) is 0. The molecule has 0 N–H and O–H groups in total. The average molecular weight is 282 g/mol. The Morgan fingerprint density at radius 1 is 0.850 bits per heavy atom. The summed E-state index contributed by atoms with van der Waals surface area (Å²) in [7, 11) is 0. The highest BCUT2D eigenvalue weighted by molar-refractivity contribution is 6.36. The zero-order chi connectivity index (χ0) is 14.3. The van der Waals surface area contributed by atoms with Crippen LogP contribution in [0.25, 0.3) is 22.2 Å². The maximum atomic E-state index is 6.57. The number of hydrogen-bond donors (Lipinski definition) is 0. The largest absolute Gasteiger partial charge is 0.247 e. The fourth-order valence-corrected chi connectivity index (χ4v) is 2.74. The first kappa shape index (κ1) is 13.1. The summed E-state index contributed by atoms with van der Waals surface area (Å²) in [6.45, 7) is 6.24. The molecule has 3 rings (SSSR count). The highest BCUT2D eigenvalue weighted by atomic mass is 35.5. The van der Waals surface area contributed by atoms with Crippen LogP contribution in [0.3, 0.4) is 0 Å². The lowest BCUT2D eigenvalue weighted by Crippen LogP contribution is -1.95. The Balaban J connectivity index is 2.40. The lowest BCUT2D eigenvalue weighted by molar-refractivity contribution is 1.28. The van der Waals surface area contributed by atoms with Crippen molar-refractivity contribution >= 4 is 22.5 Å². The molecule has 0 aliphatic heterocycles. The Bertz CT molecular complexity index is 792. The second kappa shape index (κ2) is 4.92. The van der Waals surface area contributed by atoms with Gasteiger partial charge in [-0.15, -0.1) is 0 Å². The van der Waals surface area contributed by atoms with Crippen LogP contribution in [0.15, 0.2) is 42.5 Å². The molecule has 1 nitrogen and oxygen atoms in total. The first-order chi connectivity index (χ1) is 9.59. The number of aryl methyl sites for hydroxylation is 2. The summed E-state index contributed by atoms with van der Waals surface area (Å²) in [5, 5.41) is 1.84. The van der Waals surface area contributed by atoms with Gasteiger partial charge in [-0.1, -0.05) is 54.1 Å². The standard InChI is InChI=1S/C18H16ClN/c1-11-9-10-15-16(19)13(3)17(20-18(15)12(11)2)14-7-5-4-6-8-14/h4-10H,1-3H3. The number of hydrogen-bond acceptors (Lipinski definition) is 1. The molecule has 2 heteroatoms. The lowest BCUT2D eigenvalue weighted by Gasteiger charge is -2.13. The van der Waals surface area contributed by atoms with Crippen molar-refractivity contribution < 1.29 is 0 Å². The molecule has 1 heterocycles. The van der Waals surface area contributed by atoms with Gasteiger partial charge in [0.1, 0.15) is 0 Å². The quantitative estimate of drug-likeness (QED) is 0.575. The molecular formula is C18H16ClN. The Morgan fingerprint density at radius 3 is 2.25 bits per heavy atom. The fraction of sp³-hybridized carbons (Fsp3) is 0.167. The third-order valence-corrected chi connectivity index (χ3v) is 4.38. The predicted molar refractivity (Wildman–Crippen MR) is 86.4 cm³/mol. The highest BCUT2D eigenvalue weighted by Crippen LogP contribution is 2.34. The van der Waals surface area contributed by atoms with Crippen molar-refractivity contribution in [2.75, 3.05) is 0 Å². The number of halogens is 1. The Labute approximate surface area is 124 Å². The number of pyridine rings is 1. The van der Waals surface area contributed by atoms with E-state index in [0.717, 1.165) is 32.7 Å². The van der Waals surface area contributed by atoms with Crippen molar-refractivity contribution in [3.63, 3.8) is 0 Å². The molecule has 100 valence electrons. The van der Waals surface area contributed by atoms with E-state index >= 15 is 0 Å². The number of rotatable bonds is 1. The van der Waals surface area contributed by atoms with Gasteiger partial charge in [0, 0.05) is 10.9 Å². The molecule has 0 saturated heterocycles. The van der Waals surface area contributed by atoms with Gasteiger partial charge in [0.15, 0.2) is 0 Å². The van der Waals surface area contributed by atoms with E-state index in [2.05, 4.69) is 38.1 Å². The van der Waals surface area contributed by atoms with Crippen molar-refractivity contribution in [2.45, 2.75) is 20.8 Å². The van der Waals surface area contributed by atoms with Crippen molar-refractivity contribution in [2.24, 2.45) is 0 Å². The molecule has 0 radical (unpaired) electrons. The topological polar surface area (TPSA) is 12.9 Å². The molecule has 0 amide bonds. The average Bonchev–Trinajstić information content (AvgIpc) is 2.47. The summed E-state index contributed by atoms with van der Waals surface area (Å²) in [5.41, 5.74) is 6.55. The molecule has 0 saturated carbocycles. The predicted octanol–water partition coefficient (Wildman–Crippen LogP) is 5.48. The maximum Gasteiger partial charge on any atom is 0.0756 e. The summed E-state index contributed by atoms with van der Waals surface area (Å²) >= 11 is 6.57. The Hall–Kier alpha value is -1.86. The molecule has 0 fully saturated rings. The smallest absolute Gasteiger partial charge is 0.0756 e. The summed E-state index contributed by atoms with van der Waals surface area (Å²) < 4.78 is 0. The van der Waals surface area contributed by atoms with Gasteiger partial charge in [0.2, 0.25) is 0 Å². The van der Waals surface area contributed by atoms with Crippen LogP contribution < -0.4 is 0 Å². The van der Waals surface area contributed by atoms with Crippen LogP contribution in [0.4, 0.5) is 0 Å². The molecule has 3 aromatic rings. The van der Waals surface area contributed by atoms with Crippen LogP contribution in [0.5, 0.6) is 0 Å². The number of nitrogens with zero attached hydrogens (tertiary/aromatic N) is 1. The van der Waals surface area contributed by atoms with E-state index in [9.17, 15) is 0 Å². The van der Waals surface area contributed by atoms with Crippen molar-refractivity contribution in [1.82, 2.24) is 4.98 Å². The normalized spacial score (nSPS) is 11.0. The van der Waals surface area contributed by atoms with Crippen LogP contribution in [0.1, 0.15) is 16.7 Å². The highest BCUT2D eigenvalue weighted by Gasteiger charge is 2.13. The number of benzene rings is 2. The van der Waals surface area contributed by atoms with Crippen LogP contribution in [-0.4, -0.2) is 4.98 Å². The Morgan fingerprint density at radius 2 is 1.55 bits per heavy atom. The minimum absolute atomic E-state index is 0.803. The fourth-order valence-electron chi connectivity index (χ4n) is 2.50. The molecule has 0 aliphatic rings. The third-order valence-electron chi connectivity index (χ3n) is 3.89. The monoisotopic (exact) mass is 281 g/mol. The number of aromatic nitrogens is 1. The molecule has 2 aromatic carbocycles. The Kier molecular flexibility index (Phi) is 3.23. The van der Waals surface area contributed by atoms with Crippen LogP contribution in [0.2, 0.25) is 5.02 Å². The lowest BCUT2D eigenvalue weighted by atomic mass is 10.0. The molecule has 1 aromatic heterocycles. The zero-order valence-corrected chi connectivity index (χ0v) is 12.6. The second-order valence-corrected chi connectivity index (χ2v) is 5.55. The molecule has 20 heavy (non-hydrogen) atoms. The van der Waals surface area contributed by atoms with Crippen molar-refractivity contribution in [1.29, 1.82) is 0 Å². The first-order valence-electron chi connectivity index (χ1n) is 6.71. The minimum Gasteiger partial charge on any atom is -0.247 e. The van der Waals surface area contributed by atoms with Gasteiger partial charge >= 0.3 is 0 Å².